The van der Waals surface area contributed by atoms with Crippen molar-refractivity contribution in [1.82, 2.24) is 4.98 Å². The van der Waals surface area contributed by atoms with Gasteiger partial charge in [0, 0.05) is 17.6 Å². The summed E-state index contributed by atoms with van der Waals surface area (Å²) in [5.41, 5.74) is 3.10. The Morgan fingerprint density at radius 2 is 1.71 bits per heavy atom. The lowest BCUT2D eigenvalue weighted by molar-refractivity contribution is 0.102. The monoisotopic (exact) mass is 321 g/mol. The van der Waals surface area contributed by atoms with Gasteiger partial charge in [0.25, 0.3) is 5.91 Å². The van der Waals surface area contributed by atoms with Crippen LogP contribution in [0, 0.1) is 12.7 Å². The van der Waals surface area contributed by atoms with E-state index >= 15 is 0 Å². The van der Waals surface area contributed by atoms with E-state index in [9.17, 15) is 9.18 Å². The highest BCUT2D eigenvalue weighted by molar-refractivity contribution is 6.03. The second kappa shape index (κ2) is 6.91. The number of aromatic nitrogens is 1. The van der Waals surface area contributed by atoms with Crippen molar-refractivity contribution >= 4 is 23.0 Å². The topological polar surface area (TPSA) is 54.0 Å². The molecule has 0 aliphatic rings. The Morgan fingerprint density at radius 3 is 2.46 bits per heavy atom. The van der Waals surface area contributed by atoms with Crippen LogP contribution < -0.4 is 10.6 Å². The maximum Gasteiger partial charge on any atom is 0.274 e. The van der Waals surface area contributed by atoms with Crippen LogP contribution >= 0.6 is 0 Å². The molecule has 0 aliphatic carbocycles. The Bertz CT molecular complexity index is 880. The van der Waals surface area contributed by atoms with E-state index in [0.29, 0.717) is 0 Å². The number of anilines is 3. The molecule has 1 heterocycles. The number of hydrogen-bond acceptors (Lipinski definition) is 3. The van der Waals surface area contributed by atoms with Crippen molar-refractivity contribution in [2.45, 2.75) is 6.92 Å². The first-order valence-corrected chi connectivity index (χ1v) is 7.48. The molecule has 0 saturated carbocycles. The fourth-order valence-corrected chi connectivity index (χ4v) is 2.25. The van der Waals surface area contributed by atoms with Gasteiger partial charge in [-0.1, -0.05) is 30.3 Å². The van der Waals surface area contributed by atoms with Gasteiger partial charge in [0.05, 0.1) is 5.69 Å². The van der Waals surface area contributed by atoms with Crippen molar-refractivity contribution < 1.29 is 9.18 Å². The van der Waals surface area contributed by atoms with E-state index in [4.69, 9.17) is 0 Å². The molecule has 120 valence electrons. The van der Waals surface area contributed by atoms with Crippen LogP contribution in [0.5, 0.6) is 0 Å². The first-order chi connectivity index (χ1) is 11.6. The molecule has 5 heteroatoms. The minimum Gasteiger partial charge on any atom is -0.355 e. The summed E-state index contributed by atoms with van der Waals surface area (Å²) in [6, 6.07) is 17.3. The normalized spacial score (nSPS) is 10.2. The zero-order valence-corrected chi connectivity index (χ0v) is 13.1. The molecule has 1 amide bonds. The smallest absolute Gasteiger partial charge is 0.274 e. The van der Waals surface area contributed by atoms with Crippen molar-refractivity contribution in [3.05, 3.63) is 83.9 Å². The SMILES string of the molecule is Cc1ccccc1Nc1ccnc(C(=O)Nc2ccccc2F)c1. The first-order valence-electron chi connectivity index (χ1n) is 7.48. The van der Waals surface area contributed by atoms with Gasteiger partial charge in [0.2, 0.25) is 0 Å². The molecule has 0 spiro atoms. The molecule has 0 radical (unpaired) electrons. The molecule has 3 aromatic rings. The highest BCUT2D eigenvalue weighted by Crippen LogP contribution is 2.20. The summed E-state index contributed by atoms with van der Waals surface area (Å²) in [7, 11) is 0. The lowest BCUT2D eigenvalue weighted by Crippen LogP contribution is -2.14. The van der Waals surface area contributed by atoms with Gasteiger partial charge in [-0.2, -0.15) is 0 Å². The Balaban J connectivity index is 1.79. The van der Waals surface area contributed by atoms with E-state index in [1.165, 1.54) is 18.3 Å². The van der Waals surface area contributed by atoms with Crippen molar-refractivity contribution in [2.75, 3.05) is 10.6 Å². The van der Waals surface area contributed by atoms with E-state index in [-0.39, 0.29) is 11.4 Å². The zero-order chi connectivity index (χ0) is 16.9. The molecule has 0 bridgehead atoms. The van der Waals surface area contributed by atoms with Crippen molar-refractivity contribution in [1.29, 1.82) is 0 Å². The third-order valence-corrected chi connectivity index (χ3v) is 3.54. The van der Waals surface area contributed by atoms with Crippen LogP contribution in [0.2, 0.25) is 0 Å². The number of halogens is 1. The summed E-state index contributed by atoms with van der Waals surface area (Å²) < 4.78 is 13.6. The zero-order valence-electron chi connectivity index (χ0n) is 13.1. The third kappa shape index (κ3) is 3.57. The average molecular weight is 321 g/mol. The number of carbonyl (C=O) groups is 1. The maximum absolute atomic E-state index is 13.6. The van der Waals surface area contributed by atoms with Crippen LogP contribution in [0.25, 0.3) is 0 Å². The summed E-state index contributed by atoms with van der Waals surface area (Å²) in [6.45, 7) is 2.00. The molecule has 24 heavy (non-hydrogen) atoms. The van der Waals surface area contributed by atoms with Crippen LogP contribution in [0.15, 0.2) is 66.9 Å². The molecule has 0 saturated heterocycles. The number of para-hydroxylation sites is 2. The summed E-state index contributed by atoms with van der Waals surface area (Å²) in [5.74, 6) is -0.950. The van der Waals surface area contributed by atoms with Crippen LogP contribution in [0.4, 0.5) is 21.5 Å². The second-order valence-electron chi connectivity index (χ2n) is 5.30. The highest BCUT2D eigenvalue weighted by atomic mass is 19.1. The standard InChI is InChI=1S/C19H16FN3O/c1-13-6-2-4-8-16(13)22-14-10-11-21-18(12-14)19(24)23-17-9-5-3-7-15(17)20/h2-12H,1H3,(H,21,22)(H,23,24). The molecule has 1 aromatic heterocycles. The van der Waals surface area contributed by atoms with Crippen LogP contribution in [0.1, 0.15) is 16.1 Å². The number of amides is 1. The van der Waals surface area contributed by atoms with E-state index < -0.39 is 11.7 Å². The van der Waals surface area contributed by atoms with Crippen LogP contribution in [0.3, 0.4) is 0 Å². The number of rotatable bonds is 4. The Morgan fingerprint density at radius 1 is 1.00 bits per heavy atom. The average Bonchev–Trinajstić information content (AvgIpc) is 2.59. The number of aryl methyl sites for hydroxylation is 1. The van der Waals surface area contributed by atoms with E-state index in [2.05, 4.69) is 15.6 Å². The number of benzene rings is 2. The molecule has 0 atom stereocenters. The molecule has 0 fully saturated rings. The molecule has 4 nitrogen and oxygen atoms in total. The number of nitrogens with one attached hydrogen (secondary N) is 2. The van der Waals surface area contributed by atoms with Crippen molar-refractivity contribution in [3.8, 4) is 0 Å². The molecule has 0 aliphatic heterocycles. The van der Waals surface area contributed by atoms with Gasteiger partial charge in [-0.05, 0) is 42.8 Å². The van der Waals surface area contributed by atoms with Gasteiger partial charge in [0.15, 0.2) is 0 Å². The molecule has 0 unspecified atom stereocenters. The van der Waals surface area contributed by atoms with E-state index in [1.807, 2.05) is 31.2 Å². The van der Waals surface area contributed by atoms with Crippen LogP contribution in [-0.4, -0.2) is 10.9 Å². The maximum atomic E-state index is 13.6. The molecule has 2 N–H and O–H groups in total. The Hall–Kier alpha value is -3.21. The molecular formula is C19H16FN3O. The van der Waals surface area contributed by atoms with Crippen molar-refractivity contribution in [3.63, 3.8) is 0 Å². The summed E-state index contributed by atoms with van der Waals surface area (Å²) in [5, 5.41) is 5.77. The number of hydrogen-bond donors (Lipinski definition) is 2. The first kappa shape index (κ1) is 15.7. The fourth-order valence-electron chi connectivity index (χ4n) is 2.25. The summed E-state index contributed by atoms with van der Waals surface area (Å²) >= 11 is 0. The van der Waals surface area contributed by atoms with Gasteiger partial charge >= 0.3 is 0 Å². The number of carbonyl (C=O) groups excluding carboxylic acids is 1. The number of nitrogens with zero attached hydrogens (tertiary/aromatic N) is 1. The molecule has 2 aromatic carbocycles. The van der Waals surface area contributed by atoms with Crippen LogP contribution in [-0.2, 0) is 0 Å². The summed E-state index contributed by atoms with van der Waals surface area (Å²) in [4.78, 5) is 16.3. The largest absolute Gasteiger partial charge is 0.355 e. The van der Waals surface area contributed by atoms with Gasteiger partial charge in [0.1, 0.15) is 11.5 Å². The molecule has 3 rings (SSSR count). The third-order valence-electron chi connectivity index (χ3n) is 3.54. The van der Waals surface area contributed by atoms with Gasteiger partial charge in [-0.25, -0.2) is 4.39 Å². The molecular weight excluding hydrogens is 305 g/mol. The fraction of sp³-hybridized carbons (Fsp3) is 0.0526. The van der Waals surface area contributed by atoms with Gasteiger partial charge < -0.3 is 10.6 Å². The predicted molar refractivity (Wildman–Crippen MR) is 93.1 cm³/mol. The summed E-state index contributed by atoms with van der Waals surface area (Å²) in [6.07, 6.45) is 1.54. The lowest BCUT2D eigenvalue weighted by Gasteiger charge is -2.10. The lowest BCUT2D eigenvalue weighted by atomic mass is 10.2. The second-order valence-corrected chi connectivity index (χ2v) is 5.30. The number of pyridine rings is 1. The Kier molecular flexibility index (Phi) is 4.52. The quantitative estimate of drug-likeness (QED) is 0.742. The Labute approximate surface area is 139 Å². The minimum absolute atomic E-state index is 0.126. The minimum atomic E-state index is -0.486. The van der Waals surface area contributed by atoms with E-state index in [1.54, 1.807) is 24.3 Å². The van der Waals surface area contributed by atoms with Crippen molar-refractivity contribution in [2.24, 2.45) is 0 Å². The van der Waals surface area contributed by atoms with E-state index in [0.717, 1.165) is 16.9 Å². The van der Waals surface area contributed by atoms with Gasteiger partial charge in [-0.3, -0.25) is 9.78 Å². The van der Waals surface area contributed by atoms with Gasteiger partial charge in [-0.15, -0.1) is 0 Å². The highest BCUT2D eigenvalue weighted by Gasteiger charge is 2.11. The predicted octanol–water partition coefficient (Wildman–Crippen LogP) is 4.53.